The van der Waals surface area contributed by atoms with Crippen molar-refractivity contribution in [2.45, 2.75) is 25.3 Å². The molecule has 1 aromatic rings. The van der Waals surface area contributed by atoms with Crippen LogP contribution in [0.25, 0.3) is 0 Å². The number of carboxylic acids is 1. The van der Waals surface area contributed by atoms with Gasteiger partial charge in [0.1, 0.15) is 0 Å². The Morgan fingerprint density at radius 2 is 1.95 bits per heavy atom. The second-order valence-corrected chi connectivity index (χ2v) is 5.45. The number of hydrogen-bond acceptors (Lipinski definition) is 4. The SMILES string of the molecule is CN(C)C(C)(CC(=O)O)c1ccc2c(c1)OCCCO2. The van der Waals surface area contributed by atoms with Crippen molar-refractivity contribution < 1.29 is 19.4 Å². The summed E-state index contributed by atoms with van der Waals surface area (Å²) >= 11 is 0. The third kappa shape index (κ3) is 2.88. The number of benzene rings is 1. The summed E-state index contributed by atoms with van der Waals surface area (Å²) in [5.74, 6) is 0.592. The second kappa shape index (κ2) is 5.71. The molecule has 0 radical (unpaired) electrons. The monoisotopic (exact) mass is 279 g/mol. The Bertz CT molecular complexity index is 501. The normalized spacial score (nSPS) is 17.4. The largest absolute Gasteiger partial charge is 0.490 e. The van der Waals surface area contributed by atoms with E-state index in [1.165, 1.54) is 0 Å². The molecule has 1 atom stereocenters. The number of carboxylic acid groups (broad SMARTS) is 1. The van der Waals surface area contributed by atoms with Gasteiger partial charge < -0.3 is 14.6 Å². The molecule has 0 bridgehead atoms. The van der Waals surface area contributed by atoms with Gasteiger partial charge in [-0.05, 0) is 38.7 Å². The summed E-state index contributed by atoms with van der Waals surface area (Å²) in [6.45, 7) is 3.18. The number of aliphatic carboxylic acids is 1. The summed E-state index contributed by atoms with van der Waals surface area (Å²) in [5, 5.41) is 9.16. The topological polar surface area (TPSA) is 59.0 Å². The molecule has 1 aromatic carbocycles. The average Bonchev–Trinajstić information content (AvgIpc) is 2.61. The summed E-state index contributed by atoms with van der Waals surface area (Å²) in [4.78, 5) is 13.1. The van der Waals surface area contributed by atoms with Crippen LogP contribution in [-0.2, 0) is 10.3 Å². The van der Waals surface area contributed by atoms with E-state index in [0.29, 0.717) is 19.0 Å². The minimum Gasteiger partial charge on any atom is -0.490 e. The lowest BCUT2D eigenvalue weighted by molar-refractivity contribution is -0.140. The molecular formula is C15H21NO4. The number of rotatable bonds is 4. The number of nitrogens with zero attached hydrogens (tertiary/aromatic N) is 1. The maximum atomic E-state index is 11.2. The van der Waals surface area contributed by atoms with Crippen molar-refractivity contribution in [3.8, 4) is 11.5 Å². The van der Waals surface area contributed by atoms with Crippen molar-refractivity contribution in [1.82, 2.24) is 4.90 Å². The average molecular weight is 279 g/mol. The van der Waals surface area contributed by atoms with E-state index in [1.807, 2.05) is 44.1 Å². The first-order valence-corrected chi connectivity index (χ1v) is 6.73. The fourth-order valence-electron chi connectivity index (χ4n) is 2.31. The lowest BCUT2D eigenvalue weighted by atomic mass is 9.87. The predicted molar refractivity (Wildman–Crippen MR) is 75.3 cm³/mol. The molecule has 20 heavy (non-hydrogen) atoms. The minimum atomic E-state index is -0.826. The molecule has 0 amide bonds. The molecular weight excluding hydrogens is 258 g/mol. The molecule has 5 nitrogen and oxygen atoms in total. The first-order valence-electron chi connectivity index (χ1n) is 6.73. The zero-order chi connectivity index (χ0) is 14.8. The number of hydrogen-bond donors (Lipinski definition) is 1. The second-order valence-electron chi connectivity index (χ2n) is 5.45. The van der Waals surface area contributed by atoms with Crippen molar-refractivity contribution in [1.29, 1.82) is 0 Å². The van der Waals surface area contributed by atoms with Gasteiger partial charge in [-0.3, -0.25) is 9.69 Å². The summed E-state index contributed by atoms with van der Waals surface area (Å²) < 4.78 is 11.3. The Balaban J connectivity index is 2.39. The Morgan fingerprint density at radius 3 is 2.55 bits per heavy atom. The molecule has 0 aromatic heterocycles. The molecule has 0 fully saturated rings. The van der Waals surface area contributed by atoms with E-state index in [4.69, 9.17) is 14.6 Å². The zero-order valence-electron chi connectivity index (χ0n) is 12.2. The highest BCUT2D eigenvalue weighted by molar-refractivity contribution is 5.69. The van der Waals surface area contributed by atoms with Crippen LogP contribution < -0.4 is 9.47 Å². The molecule has 5 heteroatoms. The molecule has 0 spiro atoms. The van der Waals surface area contributed by atoms with Crippen molar-refractivity contribution in [3.63, 3.8) is 0 Å². The fourth-order valence-corrected chi connectivity index (χ4v) is 2.31. The molecule has 110 valence electrons. The first-order chi connectivity index (χ1) is 9.43. The van der Waals surface area contributed by atoms with Gasteiger partial charge in [-0.15, -0.1) is 0 Å². The summed E-state index contributed by atoms with van der Waals surface area (Å²) in [5.41, 5.74) is 0.324. The van der Waals surface area contributed by atoms with Crippen molar-refractivity contribution in [2.75, 3.05) is 27.3 Å². The van der Waals surface area contributed by atoms with E-state index in [0.717, 1.165) is 17.7 Å². The molecule has 0 saturated heterocycles. The van der Waals surface area contributed by atoms with Crippen molar-refractivity contribution >= 4 is 5.97 Å². The molecule has 1 unspecified atom stereocenters. The van der Waals surface area contributed by atoms with Gasteiger partial charge in [-0.2, -0.15) is 0 Å². The highest BCUT2D eigenvalue weighted by atomic mass is 16.5. The lowest BCUT2D eigenvalue weighted by Gasteiger charge is -2.36. The molecule has 1 aliphatic rings. The Labute approximate surface area is 119 Å². The van der Waals surface area contributed by atoms with Gasteiger partial charge in [-0.1, -0.05) is 6.07 Å². The minimum absolute atomic E-state index is 0.0274. The number of carbonyl (C=O) groups is 1. The van der Waals surface area contributed by atoms with Gasteiger partial charge in [0.15, 0.2) is 11.5 Å². The quantitative estimate of drug-likeness (QED) is 0.914. The third-order valence-corrected chi connectivity index (χ3v) is 3.85. The first kappa shape index (κ1) is 14.7. The van der Waals surface area contributed by atoms with E-state index in [-0.39, 0.29) is 6.42 Å². The van der Waals surface area contributed by atoms with Gasteiger partial charge >= 0.3 is 5.97 Å². The van der Waals surface area contributed by atoms with Crippen LogP contribution in [0.3, 0.4) is 0 Å². The van der Waals surface area contributed by atoms with Crippen LogP contribution in [0.15, 0.2) is 18.2 Å². The van der Waals surface area contributed by atoms with Gasteiger partial charge in [0.25, 0.3) is 0 Å². The molecule has 1 heterocycles. The van der Waals surface area contributed by atoms with Gasteiger partial charge in [0.05, 0.1) is 25.2 Å². The summed E-state index contributed by atoms with van der Waals surface area (Å²) in [6, 6.07) is 5.67. The highest BCUT2D eigenvalue weighted by Gasteiger charge is 2.33. The van der Waals surface area contributed by atoms with Crippen LogP contribution in [0.4, 0.5) is 0 Å². The van der Waals surface area contributed by atoms with E-state index in [9.17, 15) is 4.79 Å². The van der Waals surface area contributed by atoms with Crippen LogP contribution in [0, 0.1) is 0 Å². The van der Waals surface area contributed by atoms with Crippen LogP contribution in [0.1, 0.15) is 25.3 Å². The van der Waals surface area contributed by atoms with Crippen LogP contribution in [0.2, 0.25) is 0 Å². The molecule has 2 rings (SSSR count). The molecule has 1 N–H and O–H groups in total. The molecule has 0 aliphatic carbocycles. The smallest absolute Gasteiger partial charge is 0.305 e. The summed E-state index contributed by atoms with van der Waals surface area (Å²) in [6.07, 6.45) is 0.879. The maximum Gasteiger partial charge on any atom is 0.305 e. The zero-order valence-corrected chi connectivity index (χ0v) is 12.2. The van der Waals surface area contributed by atoms with E-state index >= 15 is 0 Å². The fraction of sp³-hybridized carbons (Fsp3) is 0.533. The highest BCUT2D eigenvalue weighted by Crippen LogP contribution is 2.37. The number of ether oxygens (including phenoxy) is 2. The van der Waals surface area contributed by atoms with E-state index in [1.54, 1.807) is 0 Å². The standard InChI is InChI=1S/C15H21NO4/c1-15(16(2)3,10-14(17)18)11-5-6-12-13(9-11)20-8-4-7-19-12/h5-6,9H,4,7-8,10H2,1-3H3,(H,17,18). The maximum absolute atomic E-state index is 11.2. The predicted octanol–water partition coefficient (Wildman–Crippen LogP) is 2.10. The van der Waals surface area contributed by atoms with Crippen LogP contribution in [0.5, 0.6) is 11.5 Å². The lowest BCUT2D eigenvalue weighted by Crippen LogP contribution is -2.40. The van der Waals surface area contributed by atoms with Gasteiger partial charge in [0, 0.05) is 6.42 Å². The van der Waals surface area contributed by atoms with Crippen LogP contribution >= 0.6 is 0 Å². The Hall–Kier alpha value is -1.75. The van der Waals surface area contributed by atoms with Gasteiger partial charge in [-0.25, -0.2) is 0 Å². The van der Waals surface area contributed by atoms with Crippen molar-refractivity contribution in [3.05, 3.63) is 23.8 Å². The number of fused-ring (bicyclic) bond motifs is 1. The van der Waals surface area contributed by atoms with Crippen molar-refractivity contribution in [2.24, 2.45) is 0 Å². The molecule has 0 saturated carbocycles. The summed E-state index contributed by atoms with van der Waals surface area (Å²) in [7, 11) is 3.76. The Morgan fingerprint density at radius 1 is 1.30 bits per heavy atom. The van der Waals surface area contributed by atoms with E-state index < -0.39 is 11.5 Å². The van der Waals surface area contributed by atoms with E-state index in [2.05, 4.69) is 0 Å². The van der Waals surface area contributed by atoms with Gasteiger partial charge in [0.2, 0.25) is 0 Å². The Kier molecular flexibility index (Phi) is 4.18. The third-order valence-electron chi connectivity index (χ3n) is 3.85. The van der Waals surface area contributed by atoms with Crippen LogP contribution in [-0.4, -0.2) is 43.3 Å². The molecule has 1 aliphatic heterocycles.